The summed E-state index contributed by atoms with van der Waals surface area (Å²) in [6.07, 6.45) is 6.29. The van der Waals surface area contributed by atoms with Crippen molar-refractivity contribution in [1.29, 1.82) is 0 Å². The molecule has 0 aliphatic carbocycles. The molecule has 2 aromatic heterocycles. The maximum atomic E-state index is 14.1. The maximum Gasteiger partial charge on any atom is 0.137 e. The first-order chi connectivity index (χ1) is 13.2. The van der Waals surface area contributed by atoms with Crippen molar-refractivity contribution in [3.63, 3.8) is 0 Å². The van der Waals surface area contributed by atoms with E-state index in [4.69, 9.17) is 0 Å². The first-order valence-corrected chi connectivity index (χ1v) is 9.16. The fraction of sp³-hybridized carbons (Fsp3) is 0.273. The molecule has 2 atom stereocenters. The van der Waals surface area contributed by atoms with Crippen molar-refractivity contribution in [2.24, 2.45) is 0 Å². The Labute approximate surface area is 158 Å². The Hall–Kier alpha value is -2.63. The van der Waals surface area contributed by atoms with Gasteiger partial charge in [-0.2, -0.15) is 0 Å². The number of aliphatic hydroxyl groups is 1. The standard InChI is InChI=1S/C22H22FN3O/c23-20-10-13-26(16-20)21(17-6-2-1-3-7-17)22(27,18-8-4-11-24-14-18)19-9-5-12-25-15-19/h1-9,11-12,14-15,20-21,27H,10,13,16H2. The molecule has 1 N–H and O–H groups in total. The zero-order chi connectivity index (χ0) is 18.7. The molecular weight excluding hydrogens is 341 g/mol. The van der Waals surface area contributed by atoms with E-state index in [9.17, 15) is 9.50 Å². The first-order valence-electron chi connectivity index (χ1n) is 9.16. The molecule has 4 rings (SSSR count). The monoisotopic (exact) mass is 363 g/mol. The Bertz CT molecular complexity index is 821. The first kappa shape index (κ1) is 17.8. The third-order valence-electron chi connectivity index (χ3n) is 5.24. The van der Waals surface area contributed by atoms with Crippen LogP contribution in [-0.4, -0.2) is 39.2 Å². The Morgan fingerprint density at radius 3 is 2.07 bits per heavy atom. The molecule has 2 unspecified atom stereocenters. The summed E-state index contributed by atoms with van der Waals surface area (Å²) in [7, 11) is 0. The van der Waals surface area contributed by atoms with Gasteiger partial charge in [0.15, 0.2) is 0 Å². The highest BCUT2D eigenvalue weighted by Crippen LogP contribution is 2.45. The van der Waals surface area contributed by atoms with E-state index in [1.807, 2.05) is 47.4 Å². The molecule has 0 saturated carbocycles. The van der Waals surface area contributed by atoms with Gasteiger partial charge in [-0.15, -0.1) is 0 Å². The van der Waals surface area contributed by atoms with E-state index >= 15 is 0 Å². The molecule has 3 heterocycles. The number of hydrogen-bond acceptors (Lipinski definition) is 4. The Morgan fingerprint density at radius 1 is 0.963 bits per heavy atom. The lowest BCUT2D eigenvalue weighted by molar-refractivity contribution is -0.0170. The van der Waals surface area contributed by atoms with Crippen molar-refractivity contribution in [2.75, 3.05) is 13.1 Å². The second-order valence-electron chi connectivity index (χ2n) is 6.94. The van der Waals surface area contributed by atoms with E-state index in [1.165, 1.54) is 0 Å². The number of nitrogens with zero attached hydrogens (tertiary/aromatic N) is 3. The predicted molar refractivity (Wildman–Crippen MR) is 102 cm³/mol. The molecule has 1 aliphatic rings. The molecule has 1 saturated heterocycles. The van der Waals surface area contributed by atoms with E-state index in [1.54, 1.807) is 36.9 Å². The van der Waals surface area contributed by atoms with E-state index in [0.29, 0.717) is 30.6 Å². The van der Waals surface area contributed by atoms with Gasteiger partial charge in [-0.1, -0.05) is 42.5 Å². The molecule has 0 amide bonds. The quantitative estimate of drug-likeness (QED) is 0.754. The summed E-state index contributed by atoms with van der Waals surface area (Å²) < 4.78 is 14.1. The van der Waals surface area contributed by atoms with Gasteiger partial charge in [0, 0.05) is 49.0 Å². The highest BCUT2D eigenvalue weighted by atomic mass is 19.1. The number of benzene rings is 1. The van der Waals surface area contributed by atoms with Crippen LogP contribution in [0.4, 0.5) is 4.39 Å². The lowest BCUT2D eigenvalue weighted by Crippen LogP contribution is -2.44. The van der Waals surface area contributed by atoms with Crippen LogP contribution in [0.2, 0.25) is 0 Å². The minimum Gasteiger partial charge on any atom is -0.378 e. The average molecular weight is 363 g/mol. The van der Waals surface area contributed by atoms with Crippen LogP contribution in [0.5, 0.6) is 0 Å². The lowest BCUT2D eigenvalue weighted by atomic mass is 9.77. The third kappa shape index (κ3) is 3.36. The highest BCUT2D eigenvalue weighted by Gasteiger charge is 2.46. The van der Waals surface area contributed by atoms with Crippen LogP contribution in [0.25, 0.3) is 0 Å². The SMILES string of the molecule is OC(c1cccnc1)(c1cccnc1)C(c1ccccc1)N1CCC(F)C1. The molecule has 27 heavy (non-hydrogen) atoms. The number of rotatable bonds is 5. The largest absolute Gasteiger partial charge is 0.378 e. The molecule has 4 nitrogen and oxygen atoms in total. The van der Waals surface area contributed by atoms with Crippen molar-refractivity contribution in [1.82, 2.24) is 14.9 Å². The topological polar surface area (TPSA) is 49.3 Å². The molecule has 0 radical (unpaired) electrons. The predicted octanol–water partition coefficient (Wildman–Crippen LogP) is 3.50. The van der Waals surface area contributed by atoms with Gasteiger partial charge in [-0.3, -0.25) is 14.9 Å². The fourth-order valence-electron chi connectivity index (χ4n) is 3.99. The van der Waals surface area contributed by atoms with Crippen LogP contribution >= 0.6 is 0 Å². The number of halogens is 1. The fourth-order valence-corrected chi connectivity index (χ4v) is 3.99. The second-order valence-corrected chi connectivity index (χ2v) is 6.94. The lowest BCUT2D eigenvalue weighted by Gasteiger charge is -2.42. The van der Waals surface area contributed by atoms with Crippen molar-refractivity contribution in [2.45, 2.75) is 24.2 Å². The molecule has 138 valence electrons. The summed E-state index contributed by atoms with van der Waals surface area (Å²) >= 11 is 0. The van der Waals surface area contributed by atoms with Crippen LogP contribution in [0.1, 0.15) is 29.2 Å². The summed E-state index contributed by atoms with van der Waals surface area (Å²) in [5.41, 5.74) is 0.846. The molecule has 0 spiro atoms. The zero-order valence-electron chi connectivity index (χ0n) is 14.9. The van der Waals surface area contributed by atoms with Gasteiger partial charge in [0.05, 0.1) is 6.04 Å². The van der Waals surface area contributed by atoms with Crippen molar-refractivity contribution in [3.8, 4) is 0 Å². The van der Waals surface area contributed by atoms with Crippen LogP contribution < -0.4 is 0 Å². The van der Waals surface area contributed by atoms with Gasteiger partial charge in [0.2, 0.25) is 0 Å². The van der Waals surface area contributed by atoms with Gasteiger partial charge >= 0.3 is 0 Å². The van der Waals surface area contributed by atoms with E-state index in [-0.39, 0.29) is 0 Å². The van der Waals surface area contributed by atoms with Gasteiger partial charge in [-0.05, 0) is 24.1 Å². The molecule has 1 fully saturated rings. The molecule has 5 heteroatoms. The van der Waals surface area contributed by atoms with Gasteiger partial charge in [0.25, 0.3) is 0 Å². The highest BCUT2D eigenvalue weighted by molar-refractivity contribution is 5.39. The van der Waals surface area contributed by atoms with Crippen molar-refractivity contribution < 1.29 is 9.50 Å². The smallest absolute Gasteiger partial charge is 0.137 e. The van der Waals surface area contributed by atoms with E-state index in [2.05, 4.69) is 9.97 Å². The number of pyridine rings is 2. The van der Waals surface area contributed by atoms with Gasteiger partial charge in [-0.25, -0.2) is 4.39 Å². The molecular formula is C22H22FN3O. The number of alkyl halides is 1. The summed E-state index contributed by atoms with van der Waals surface area (Å²) in [5.74, 6) is 0. The van der Waals surface area contributed by atoms with Crippen LogP contribution in [-0.2, 0) is 5.60 Å². The maximum absolute atomic E-state index is 14.1. The zero-order valence-corrected chi connectivity index (χ0v) is 14.9. The van der Waals surface area contributed by atoms with Crippen LogP contribution in [0.15, 0.2) is 79.4 Å². The van der Waals surface area contributed by atoms with E-state index in [0.717, 1.165) is 5.56 Å². The van der Waals surface area contributed by atoms with Gasteiger partial charge < -0.3 is 5.11 Å². The molecule has 3 aromatic rings. The van der Waals surface area contributed by atoms with Crippen molar-refractivity contribution >= 4 is 0 Å². The van der Waals surface area contributed by atoms with E-state index < -0.39 is 17.8 Å². The summed E-state index contributed by atoms with van der Waals surface area (Å²) in [5, 5.41) is 12.2. The minimum absolute atomic E-state index is 0.294. The van der Waals surface area contributed by atoms with Crippen molar-refractivity contribution in [3.05, 3.63) is 96.1 Å². The minimum atomic E-state index is -1.41. The third-order valence-corrected chi connectivity index (χ3v) is 5.24. The Kier molecular flexibility index (Phi) is 4.97. The average Bonchev–Trinajstić information content (AvgIpc) is 3.16. The number of aromatic nitrogens is 2. The second kappa shape index (κ2) is 7.55. The molecule has 1 aliphatic heterocycles. The summed E-state index contributed by atoms with van der Waals surface area (Å²) in [6.45, 7) is 0.881. The van der Waals surface area contributed by atoms with Crippen LogP contribution in [0.3, 0.4) is 0 Å². The summed E-state index contributed by atoms with van der Waals surface area (Å²) in [4.78, 5) is 10.5. The normalized spacial score (nSPS) is 19.1. The Balaban J connectivity index is 1.92. The van der Waals surface area contributed by atoms with Crippen LogP contribution in [0, 0.1) is 0 Å². The molecule has 0 bridgehead atoms. The molecule has 1 aromatic carbocycles. The Morgan fingerprint density at radius 2 is 1.59 bits per heavy atom. The number of hydrogen-bond donors (Lipinski definition) is 1. The number of likely N-dealkylation sites (tertiary alicyclic amines) is 1. The summed E-state index contributed by atoms with van der Waals surface area (Å²) in [6, 6.07) is 16.7. The van der Waals surface area contributed by atoms with Gasteiger partial charge in [0.1, 0.15) is 11.8 Å².